The topological polar surface area (TPSA) is 21.3 Å². The van der Waals surface area contributed by atoms with E-state index in [1.165, 1.54) is 17.7 Å². The molecule has 2 nitrogen and oxygen atoms in total. The van der Waals surface area contributed by atoms with Crippen LogP contribution in [0.15, 0.2) is 41.1 Å². The Labute approximate surface area is 119 Å². The first-order valence-corrected chi connectivity index (χ1v) is 6.96. The van der Waals surface area contributed by atoms with Crippen LogP contribution >= 0.6 is 11.3 Å². The van der Waals surface area contributed by atoms with Crippen LogP contribution in [-0.4, -0.2) is 13.4 Å². The molecule has 0 spiro atoms. The van der Waals surface area contributed by atoms with Gasteiger partial charge in [0, 0.05) is 6.04 Å². The second-order valence-corrected chi connectivity index (χ2v) is 5.07. The largest absolute Gasteiger partial charge is 0.573 e. The Hall–Kier alpha value is -1.53. The molecule has 2 rings (SSSR count). The number of benzene rings is 1. The van der Waals surface area contributed by atoms with Crippen molar-refractivity contribution < 1.29 is 17.9 Å². The van der Waals surface area contributed by atoms with Gasteiger partial charge in [-0.15, -0.1) is 13.2 Å². The lowest BCUT2D eigenvalue weighted by molar-refractivity contribution is -0.274. The summed E-state index contributed by atoms with van der Waals surface area (Å²) in [6.45, 7) is 0. The summed E-state index contributed by atoms with van der Waals surface area (Å²) in [4.78, 5) is 0. The Morgan fingerprint density at radius 3 is 2.40 bits per heavy atom. The number of hydrogen-bond donors (Lipinski definition) is 1. The molecule has 1 atom stereocenters. The summed E-state index contributed by atoms with van der Waals surface area (Å²) in [5.41, 5.74) is 2.12. The van der Waals surface area contributed by atoms with Crippen LogP contribution in [0.3, 0.4) is 0 Å². The summed E-state index contributed by atoms with van der Waals surface area (Å²) < 4.78 is 40.1. The van der Waals surface area contributed by atoms with Crippen LogP contribution in [0.5, 0.6) is 5.75 Å². The molecule has 0 fully saturated rings. The molecular formula is C14H14F3NOS. The van der Waals surface area contributed by atoms with Gasteiger partial charge in [0.2, 0.25) is 0 Å². The third-order valence-electron chi connectivity index (χ3n) is 2.88. The summed E-state index contributed by atoms with van der Waals surface area (Å²) in [6, 6.07) is 8.06. The zero-order valence-corrected chi connectivity index (χ0v) is 11.6. The fraction of sp³-hybridized carbons (Fsp3) is 0.286. The highest BCUT2D eigenvalue weighted by Gasteiger charge is 2.31. The normalized spacial score (nSPS) is 13.2. The van der Waals surface area contributed by atoms with Crippen molar-refractivity contribution in [3.63, 3.8) is 0 Å². The third-order valence-corrected chi connectivity index (χ3v) is 3.62. The summed E-state index contributed by atoms with van der Waals surface area (Å²) in [5, 5.41) is 7.23. The maximum absolute atomic E-state index is 12.1. The van der Waals surface area contributed by atoms with Crippen LogP contribution in [0, 0.1) is 0 Å². The Bertz CT molecular complexity index is 522. The number of likely N-dealkylation sites (N-methyl/N-ethyl adjacent to an activating group) is 1. The minimum atomic E-state index is -4.65. The van der Waals surface area contributed by atoms with Crippen LogP contribution in [0.1, 0.15) is 17.2 Å². The fourth-order valence-electron chi connectivity index (χ4n) is 1.93. The van der Waals surface area contributed by atoms with Crippen molar-refractivity contribution in [3.05, 3.63) is 52.2 Å². The van der Waals surface area contributed by atoms with E-state index in [1.807, 2.05) is 18.5 Å². The van der Waals surface area contributed by atoms with Gasteiger partial charge in [-0.1, -0.05) is 12.1 Å². The standard InChI is InChI=1S/C14H14F3NOS/c1-18-13(8-10-6-7-20-9-10)11-2-4-12(5-3-11)19-14(15,16)17/h2-7,9,13,18H,8H2,1H3. The lowest BCUT2D eigenvalue weighted by atomic mass is 10.0. The van der Waals surface area contributed by atoms with Crippen LogP contribution in [-0.2, 0) is 6.42 Å². The van der Waals surface area contributed by atoms with Gasteiger partial charge in [-0.25, -0.2) is 0 Å². The Kier molecular flexibility index (Phi) is 4.67. The molecule has 1 aromatic heterocycles. The number of nitrogens with one attached hydrogen (secondary N) is 1. The SMILES string of the molecule is CNC(Cc1ccsc1)c1ccc(OC(F)(F)F)cc1. The summed E-state index contributed by atoms with van der Waals surface area (Å²) in [5.74, 6) is -0.202. The molecule has 0 saturated carbocycles. The number of rotatable bonds is 5. The lowest BCUT2D eigenvalue weighted by Gasteiger charge is -2.17. The molecule has 0 bridgehead atoms. The van der Waals surface area contributed by atoms with E-state index in [-0.39, 0.29) is 11.8 Å². The highest BCUT2D eigenvalue weighted by molar-refractivity contribution is 7.07. The van der Waals surface area contributed by atoms with Crippen molar-refractivity contribution in [3.8, 4) is 5.75 Å². The molecule has 2 aromatic rings. The molecule has 1 heterocycles. The van der Waals surface area contributed by atoms with E-state index in [4.69, 9.17) is 0 Å². The molecule has 0 amide bonds. The molecular weight excluding hydrogens is 287 g/mol. The van der Waals surface area contributed by atoms with Crippen LogP contribution < -0.4 is 10.1 Å². The highest BCUT2D eigenvalue weighted by Crippen LogP contribution is 2.25. The van der Waals surface area contributed by atoms with Crippen LogP contribution in [0.25, 0.3) is 0 Å². The number of hydrogen-bond acceptors (Lipinski definition) is 3. The average Bonchev–Trinajstić information content (AvgIpc) is 2.88. The molecule has 0 saturated heterocycles. The number of ether oxygens (including phenoxy) is 1. The zero-order chi connectivity index (χ0) is 14.6. The van der Waals surface area contributed by atoms with Crippen molar-refractivity contribution in [1.82, 2.24) is 5.32 Å². The van der Waals surface area contributed by atoms with Gasteiger partial charge in [0.1, 0.15) is 5.75 Å². The second kappa shape index (κ2) is 6.28. The van der Waals surface area contributed by atoms with Gasteiger partial charge in [0.15, 0.2) is 0 Å². The number of alkyl halides is 3. The van der Waals surface area contributed by atoms with E-state index in [1.54, 1.807) is 23.5 Å². The van der Waals surface area contributed by atoms with Gasteiger partial charge < -0.3 is 10.1 Å². The fourth-order valence-corrected chi connectivity index (χ4v) is 2.61. The van der Waals surface area contributed by atoms with Crippen LogP contribution in [0.2, 0.25) is 0 Å². The molecule has 1 unspecified atom stereocenters. The molecule has 6 heteroatoms. The third kappa shape index (κ3) is 4.25. The van der Waals surface area contributed by atoms with E-state index < -0.39 is 6.36 Å². The first-order chi connectivity index (χ1) is 9.48. The molecule has 0 aliphatic carbocycles. The summed E-state index contributed by atoms with van der Waals surface area (Å²) in [7, 11) is 1.83. The maximum atomic E-state index is 12.1. The second-order valence-electron chi connectivity index (χ2n) is 4.29. The Morgan fingerprint density at radius 2 is 1.90 bits per heavy atom. The van der Waals surface area contributed by atoms with E-state index in [0.29, 0.717) is 0 Å². The van der Waals surface area contributed by atoms with E-state index in [2.05, 4.69) is 15.4 Å². The average molecular weight is 301 g/mol. The Morgan fingerprint density at radius 1 is 1.20 bits per heavy atom. The smallest absolute Gasteiger partial charge is 0.406 e. The van der Waals surface area contributed by atoms with Crippen LogP contribution in [0.4, 0.5) is 13.2 Å². The van der Waals surface area contributed by atoms with Gasteiger partial charge in [-0.05, 0) is 53.6 Å². The number of thiophene rings is 1. The van der Waals surface area contributed by atoms with E-state index >= 15 is 0 Å². The predicted molar refractivity (Wildman–Crippen MR) is 72.9 cm³/mol. The van der Waals surface area contributed by atoms with Gasteiger partial charge in [-0.3, -0.25) is 0 Å². The van der Waals surface area contributed by atoms with Gasteiger partial charge in [0.05, 0.1) is 0 Å². The molecule has 1 aromatic carbocycles. The minimum Gasteiger partial charge on any atom is -0.406 e. The van der Waals surface area contributed by atoms with Crippen molar-refractivity contribution >= 4 is 11.3 Å². The molecule has 20 heavy (non-hydrogen) atoms. The summed E-state index contributed by atoms with van der Waals surface area (Å²) in [6.07, 6.45) is -3.86. The van der Waals surface area contributed by atoms with Gasteiger partial charge >= 0.3 is 6.36 Å². The molecule has 0 aliphatic heterocycles. The maximum Gasteiger partial charge on any atom is 0.573 e. The molecule has 1 N–H and O–H groups in total. The molecule has 108 valence electrons. The predicted octanol–water partition coefficient (Wildman–Crippen LogP) is 4.15. The molecule has 0 aliphatic rings. The van der Waals surface area contributed by atoms with Gasteiger partial charge in [-0.2, -0.15) is 11.3 Å². The van der Waals surface area contributed by atoms with E-state index in [0.717, 1.165) is 12.0 Å². The van der Waals surface area contributed by atoms with Crippen molar-refractivity contribution in [2.45, 2.75) is 18.8 Å². The monoisotopic (exact) mass is 301 g/mol. The minimum absolute atomic E-state index is 0.0598. The quantitative estimate of drug-likeness (QED) is 0.896. The number of halogens is 3. The Balaban J connectivity index is 2.07. The van der Waals surface area contributed by atoms with Crippen molar-refractivity contribution in [2.24, 2.45) is 0 Å². The van der Waals surface area contributed by atoms with Crippen molar-refractivity contribution in [1.29, 1.82) is 0 Å². The van der Waals surface area contributed by atoms with Gasteiger partial charge in [0.25, 0.3) is 0 Å². The first-order valence-electron chi connectivity index (χ1n) is 6.02. The van der Waals surface area contributed by atoms with Crippen molar-refractivity contribution in [2.75, 3.05) is 7.05 Å². The van der Waals surface area contributed by atoms with E-state index in [9.17, 15) is 13.2 Å². The molecule has 0 radical (unpaired) electrons. The zero-order valence-electron chi connectivity index (χ0n) is 10.8. The highest BCUT2D eigenvalue weighted by atomic mass is 32.1. The first kappa shape index (κ1) is 14.9. The summed E-state index contributed by atoms with van der Waals surface area (Å²) >= 11 is 1.62. The lowest BCUT2D eigenvalue weighted by Crippen LogP contribution is -2.19.